The van der Waals surface area contributed by atoms with Crippen LogP contribution in [-0.4, -0.2) is 164 Å². The molecule has 4 saturated carbocycles. The Hall–Kier alpha value is -8.43. The first-order valence-electron chi connectivity index (χ1n) is 32.7. The number of fused-ring (bicyclic) bond motifs is 6. The van der Waals surface area contributed by atoms with Gasteiger partial charge in [0.15, 0.2) is 5.96 Å². The van der Waals surface area contributed by atoms with Crippen LogP contribution in [0.4, 0.5) is 0 Å². The molecule has 0 unspecified atom stereocenters. The number of nitrogens with two attached hydrogens (primary N) is 3. The first kappa shape index (κ1) is 70.4. The summed E-state index contributed by atoms with van der Waals surface area (Å²) in [5, 5.41) is 57.7. The predicted octanol–water partition coefficient (Wildman–Crippen LogP) is 0.477. The van der Waals surface area contributed by atoms with Crippen LogP contribution < -0.4 is 59.8 Å². The number of aliphatic imine (C=N–C) groups is 1. The number of carbonyl (C=O) groups excluding carboxylic acids is 8. The van der Waals surface area contributed by atoms with Crippen molar-refractivity contribution in [2.24, 2.45) is 73.6 Å². The van der Waals surface area contributed by atoms with Gasteiger partial charge in [0.05, 0.1) is 24.6 Å². The number of para-hydroxylation sites is 1. The number of hydrogen-bond acceptors (Lipinski definition) is 15. The van der Waals surface area contributed by atoms with Crippen LogP contribution in [0.3, 0.4) is 0 Å². The van der Waals surface area contributed by atoms with Crippen LogP contribution in [0.1, 0.15) is 122 Å². The van der Waals surface area contributed by atoms with Crippen molar-refractivity contribution in [2.45, 2.75) is 173 Å². The van der Waals surface area contributed by atoms with Gasteiger partial charge in [-0.2, -0.15) is 5.10 Å². The monoisotopic (exact) mass is 1290 g/mol. The zero-order chi connectivity index (χ0) is 67.0. The molecule has 2 aromatic heterocycles. The van der Waals surface area contributed by atoms with E-state index < -0.39 is 90.3 Å². The third kappa shape index (κ3) is 18.2. The SMILES string of the molecule is C[C@H](NC(=O)CN/N=C/C(=O)NCCCNC(=O)CC[C@@H](C)[C@H]1CC[C@H]2[C@@H]3[C@H](O)C[C@@H]4C[C@H](O)CC[C@]4(C)[C@H]3C[C@H](O)[C@]12C)C(=O)N[C@@H](Cc1cnc[nH]1)C(=O)N[C@H](Cc1ccccc1)C(=O)N[C@@H](CCCN=C(N)N)C(=O)N[C@@H](Cc1c[nH]c2ccccc12)C(N)=O. The number of guanidine groups is 1. The van der Waals surface area contributed by atoms with Gasteiger partial charge in [-0.25, -0.2) is 4.98 Å². The Morgan fingerprint density at radius 3 is 2.14 bits per heavy atom. The lowest BCUT2D eigenvalue weighted by molar-refractivity contribution is -0.207. The number of aliphatic hydroxyl groups is 3. The molecule has 16 atom stereocenters. The highest BCUT2D eigenvalue weighted by atomic mass is 16.3. The number of H-pyrrole nitrogens is 2. The van der Waals surface area contributed by atoms with Crippen molar-refractivity contribution >= 4 is 70.3 Å². The Morgan fingerprint density at radius 2 is 1.41 bits per heavy atom. The zero-order valence-electron chi connectivity index (χ0n) is 53.7. The van der Waals surface area contributed by atoms with Gasteiger partial charge in [0, 0.05) is 74.3 Å². The van der Waals surface area contributed by atoms with E-state index in [-0.39, 0.29) is 110 Å². The van der Waals surface area contributed by atoms with Crippen molar-refractivity contribution in [1.29, 1.82) is 0 Å². The summed E-state index contributed by atoms with van der Waals surface area (Å²) >= 11 is 0. The molecule has 8 rings (SSSR count). The third-order valence-electron chi connectivity index (χ3n) is 20.5. The van der Waals surface area contributed by atoms with Gasteiger partial charge >= 0.3 is 0 Å². The number of primary amides is 1. The molecule has 19 N–H and O–H groups in total. The maximum absolute atomic E-state index is 14.5. The van der Waals surface area contributed by atoms with Crippen molar-refractivity contribution < 1.29 is 53.7 Å². The van der Waals surface area contributed by atoms with Gasteiger partial charge < -0.3 is 85.1 Å². The van der Waals surface area contributed by atoms with Crippen LogP contribution in [0, 0.1) is 46.3 Å². The molecule has 4 fully saturated rings. The average Bonchev–Trinajstić information content (AvgIpc) is 1.69. The molecule has 0 spiro atoms. The zero-order valence-corrected chi connectivity index (χ0v) is 53.7. The van der Waals surface area contributed by atoms with E-state index in [4.69, 9.17) is 17.2 Å². The summed E-state index contributed by atoms with van der Waals surface area (Å²) in [6.45, 7) is 8.35. The Kier molecular flexibility index (Phi) is 24.6. The quantitative estimate of drug-likeness (QED) is 0.0137. The molecule has 0 bridgehead atoms. The van der Waals surface area contributed by atoms with Crippen molar-refractivity contribution in [2.75, 3.05) is 26.2 Å². The minimum absolute atomic E-state index is 0.000951. The highest BCUT2D eigenvalue weighted by Gasteiger charge is 2.65. The number of hydrazone groups is 1. The lowest BCUT2D eigenvalue weighted by Gasteiger charge is -2.63. The smallest absolute Gasteiger partial charge is 0.264 e. The van der Waals surface area contributed by atoms with Gasteiger partial charge in [0.25, 0.3) is 5.91 Å². The van der Waals surface area contributed by atoms with Crippen molar-refractivity contribution in [3.05, 3.63) is 90.1 Å². The van der Waals surface area contributed by atoms with Gasteiger partial charge in [0.1, 0.15) is 43.0 Å². The number of imidazole rings is 1. The minimum Gasteiger partial charge on any atom is -0.393 e. The highest BCUT2D eigenvalue weighted by Crippen LogP contribution is 2.68. The largest absolute Gasteiger partial charge is 0.393 e. The molecule has 506 valence electrons. The van der Waals surface area contributed by atoms with Crippen LogP contribution in [0.15, 0.2) is 83.4 Å². The van der Waals surface area contributed by atoms with Crippen LogP contribution >= 0.6 is 0 Å². The van der Waals surface area contributed by atoms with Crippen molar-refractivity contribution in [1.82, 2.24) is 57.6 Å². The standard InChI is InChI=1S/C66H96N16O11/c1-37(45-18-19-46-58-47(31-54(85)66(45,46)4)65(3)22-21-43(83)28-41(65)29-53(58)84)17-20-55(86)71-24-11-25-72-56(87)34-76-77-35-57(88)78-38(2)60(90)81-52(30-42-33-70-36-75-42)63(93)82-51(26-39-12-6-5-7-13-39)62(92)79-49(16-10-23-73-64(68)69)61(91)80-50(59(67)89)27-40-32-74-48-15-9-8-14-44(40)48/h5-9,12-15,32-34,36-38,41,43,45-47,49-54,58,74,77,83-85H,10-11,16-31,35H2,1-4H3,(H2,67,89)(H,70,75)(H,71,86)(H,72,87)(H,78,88)(H,79,92)(H,80,91)(H,81,90)(H,82,93)(H4,68,69,73)/b76-34+/t37-,38+,41+,43-,45-,46+,47+,49+,50+,51-,52+,53-,54+,58+,65+,66-/m1/s1. The number of hydrogen-bond donors (Lipinski definition) is 16. The van der Waals surface area contributed by atoms with E-state index in [0.29, 0.717) is 49.9 Å². The fourth-order valence-electron chi connectivity index (χ4n) is 15.4. The number of rotatable bonds is 32. The summed E-state index contributed by atoms with van der Waals surface area (Å²) in [5.41, 5.74) is 21.7. The fraction of sp³-hybridized carbons (Fsp3) is 0.591. The number of carbonyl (C=O) groups is 8. The van der Waals surface area contributed by atoms with E-state index in [0.717, 1.165) is 54.8 Å². The number of aromatic nitrogens is 3. The second-order valence-corrected chi connectivity index (χ2v) is 26.5. The van der Waals surface area contributed by atoms with Gasteiger partial charge in [-0.1, -0.05) is 69.3 Å². The van der Waals surface area contributed by atoms with E-state index >= 15 is 0 Å². The first-order valence-corrected chi connectivity index (χ1v) is 32.7. The van der Waals surface area contributed by atoms with Crippen LogP contribution in [0.25, 0.3) is 10.9 Å². The molecule has 4 aromatic rings. The number of aliphatic hydroxyl groups excluding tert-OH is 3. The molecular weight excluding hydrogens is 1190 g/mol. The average molecular weight is 1290 g/mol. The first-order chi connectivity index (χ1) is 44.4. The molecule has 4 aliphatic rings. The summed E-state index contributed by atoms with van der Waals surface area (Å²) in [6.07, 6.45) is 11.4. The second-order valence-electron chi connectivity index (χ2n) is 26.5. The Balaban J connectivity index is 0.773. The predicted molar refractivity (Wildman–Crippen MR) is 348 cm³/mol. The molecular formula is C66H96N16O11. The number of nitrogens with zero attached hydrogens (tertiary/aromatic N) is 3. The third-order valence-corrected chi connectivity index (χ3v) is 20.5. The number of benzene rings is 2. The lowest BCUT2D eigenvalue weighted by Crippen LogP contribution is -2.62. The summed E-state index contributed by atoms with van der Waals surface area (Å²) in [7, 11) is 0. The Morgan fingerprint density at radius 1 is 0.720 bits per heavy atom. The van der Waals surface area contributed by atoms with E-state index in [1.165, 1.54) is 19.4 Å². The summed E-state index contributed by atoms with van der Waals surface area (Å²) in [6, 6.07) is 9.88. The Bertz CT molecular complexity index is 3270. The molecule has 0 radical (unpaired) electrons. The Labute approximate surface area is 542 Å². The van der Waals surface area contributed by atoms with Gasteiger partial charge in [-0.3, -0.25) is 43.3 Å². The highest BCUT2D eigenvalue weighted by molar-refractivity contribution is 6.26. The van der Waals surface area contributed by atoms with Crippen LogP contribution in [-0.2, 0) is 57.6 Å². The second kappa shape index (κ2) is 32.4. The summed E-state index contributed by atoms with van der Waals surface area (Å²) < 4.78 is 0. The fourth-order valence-corrected chi connectivity index (χ4v) is 15.4. The molecule has 8 amide bonds. The number of nitrogens with one attached hydrogen (secondary N) is 10. The van der Waals surface area contributed by atoms with E-state index in [1.54, 1.807) is 36.5 Å². The maximum Gasteiger partial charge on any atom is 0.264 e. The molecule has 27 heteroatoms. The molecule has 93 heavy (non-hydrogen) atoms. The van der Waals surface area contributed by atoms with Crippen molar-refractivity contribution in [3.8, 4) is 0 Å². The van der Waals surface area contributed by atoms with E-state index in [1.807, 2.05) is 24.3 Å². The summed E-state index contributed by atoms with van der Waals surface area (Å²) in [4.78, 5) is 122. The van der Waals surface area contributed by atoms with E-state index in [2.05, 4.69) is 88.5 Å². The van der Waals surface area contributed by atoms with E-state index in [9.17, 15) is 53.7 Å². The molecule has 0 saturated heterocycles. The van der Waals surface area contributed by atoms with Crippen LogP contribution in [0.5, 0.6) is 0 Å². The molecule has 0 aliphatic heterocycles. The molecule has 4 aliphatic carbocycles. The lowest BCUT2D eigenvalue weighted by atomic mass is 9.43. The van der Waals surface area contributed by atoms with Gasteiger partial charge in [0.2, 0.25) is 41.4 Å². The number of aromatic amines is 2. The molecule has 2 aromatic carbocycles. The van der Waals surface area contributed by atoms with Crippen LogP contribution in [0.2, 0.25) is 0 Å². The molecule has 2 heterocycles. The summed E-state index contributed by atoms with van der Waals surface area (Å²) in [5.74, 6) is -4.18. The minimum atomic E-state index is -1.34. The van der Waals surface area contributed by atoms with Crippen molar-refractivity contribution in [3.63, 3.8) is 0 Å². The topological polar surface area (TPSA) is 441 Å². The normalized spacial score (nSPS) is 25.8. The van der Waals surface area contributed by atoms with Gasteiger partial charge in [-0.05, 0) is 141 Å². The van der Waals surface area contributed by atoms with Gasteiger partial charge in [-0.15, -0.1) is 0 Å². The molecule has 27 nitrogen and oxygen atoms in total. The maximum atomic E-state index is 14.5. The number of amides is 8.